The second kappa shape index (κ2) is 7.66. The third-order valence-electron chi connectivity index (χ3n) is 4.57. The highest BCUT2D eigenvalue weighted by atomic mass is 16.7. The fourth-order valence-corrected chi connectivity index (χ4v) is 2.99. The third-order valence-corrected chi connectivity index (χ3v) is 4.57. The number of ether oxygens (including phenoxy) is 2. The molecule has 1 heterocycles. The van der Waals surface area contributed by atoms with E-state index in [4.69, 9.17) is 20.3 Å². The summed E-state index contributed by atoms with van der Waals surface area (Å²) in [4.78, 5) is 0. The van der Waals surface area contributed by atoms with Gasteiger partial charge in [0.1, 0.15) is 30.5 Å². The van der Waals surface area contributed by atoms with E-state index in [0.29, 0.717) is 0 Å². The largest absolute Gasteiger partial charge is 0.396 e. The van der Waals surface area contributed by atoms with Crippen LogP contribution in [-0.2, 0) is 9.47 Å². The highest BCUT2D eigenvalue weighted by molar-refractivity contribution is 4.96. The molecule has 2 fully saturated rings. The summed E-state index contributed by atoms with van der Waals surface area (Å²) in [5, 5.41) is 67.5. The molecule has 1 aliphatic heterocycles. The number of hydrogen-bond acceptors (Lipinski definition) is 10. The molecule has 2 rings (SSSR count). The van der Waals surface area contributed by atoms with Gasteiger partial charge in [-0.15, -0.1) is 0 Å². The molecular formula is C13H25NO9. The Morgan fingerprint density at radius 2 is 1.52 bits per heavy atom. The Kier molecular flexibility index (Phi) is 6.30. The van der Waals surface area contributed by atoms with Gasteiger partial charge in [0.05, 0.1) is 24.9 Å². The molecule has 1 saturated carbocycles. The van der Waals surface area contributed by atoms with Crippen LogP contribution in [0.25, 0.3) is 0 Å². The van der Waals surface area contributed by atoms with Crippen molar-refractivity contribution in [2.75, 3.05) is 13.2 Å². The zero-order chi connectivity index (χ0) is 17.3. The Morgan fingerprint density at radius 1 is 0.870 bits per heavy atom. The molecule has 2 aliphatic rings. The molecule has 136 valence electrons. The summed E-state index contributed by atoms with van der Waals surface area (Å²) in [5.41, 5.74) is 5.74. The van der Waals surface area contributed by atoms with Crippen molar-refractivity contribution in [1.82, 2.24) is 0 Å². The number of rotatable bonds is 4. The molecule has 4 unspecified atom stereocenters. The van der Waals surface area contributed by atoms with Gasteiger partial charge in [0, 0.05) is 12.5 Å². The average molecular weight is 339 g/mol. The van der Waals surface area contributed by atoms with Crippen LogP contribution in [0.5, 0.6) is 0 Å². The van der Waals surface area contributed by atoms with Crippen LogP contribution >= 0.6 is 0 Å². The Hall–Kier alpha value is -0.400. The van der Waals surface area contributed by atoms with Crippen LogP contribution in [0.2, 0.25) is 0 Å². The molecular weight excluding hydrogens is 314 g/mol. The van der Waals surface area contributed by atoms with Crippen molar-refractivity contribution in [3.63, 3.8) is 0 Å². The molecule has 0 amide bonds. The topological polar surface area (TPSA) is 186 Å². The maximum atomic E-state index is 10.0. The van der Waals surface area contributed by atoms with Crippen molar-refractivity contribution < 1.29 is 45.2 Å². The SMILES string of the molecule is N[C@@H]1C(O)[C@H](O)C(CO)O[C@@H]1O[C@H]1CC(CO)[C@@H](O)[C@H](O)C1O. The monoisotopic (exact) mass is 339 g/mol. The maximum Gasteiger partial charge on any atom is 0.176 e. The molecule has 10 heteroatoms. The summed E-state index contributed by atoms with van der Waals surface area (Å²) >= 11 is 0. The van der Waals surface area contributed by atoms with Gasteiger partial charge in [-0.25, -0.2) is 0 Å². The molecule has 0 bridgehead atoms. The first-order chi connectivity index (χ1) is 10.8. The summed E-state index contributed by atoms with van der Waals surface area (Å²) in [6.45, 7) is -0.985. The second-order valence-corrected chi connectivity index (χ2v) is 6.11. The molecule has 0 radical (unpaired) electrons. The van der Waals surface area contributed by atoms with E-state index in [1.54, 1.807) is 0 Å². The van der Waals surface area contributed by atoms with Crippen LogP contribution < -0.4 is 5.73 Å². The summed E-state index contributed by atoms with van der Waals surface area (Å²) in [6, 6.07) is -1.14. The predicted octanol–water partition coefficient (Wildman–Crippen LogP) is -4.77. The summed E-state index contributed by atoms with van der Waals surface area (Å²) in [5.74, 6) is -0.706. The fourth-order valence-electron chi connectivity index (χ4n) is 2.99. The normalized spacial score (nSPS) is 51.7. The maximum absolute atomic E-state index is 10.0. The van der Waals surface area contributed by atoms with Gasteiger partial charge < -0.3 is 51.0 Å². The van der Waals surface area contributed by atoms with Crippen molar-refractivity contribution >= 4 is 0 Å². The third kappa shape index (κ3) is 3.66. The lowest BCUT2D eigenvalue weighted by atomic mass is 9.81. The smallest absolute Gasteiger partial charge is 0.176 e. The van der Waals surface area contributed by atoms with Crippen LogP contribution in [0.15, 0.2) is 0 Å². The van der Waals surface area contributed by atoms with E-state index in [9.17, 15) is 30.6 Å². The number of hydrogen-bond donors (Lipinski definition) is 8. The molecule has 1 aliphatic carbocycles. The number of aliphatic hydroxyl groups excluding tert-OH is 7. The van der Waals surface area contributed by atoms with E-state index >= 15 is 0 Å². The van der Waals surface area contributed by atoms with Gasteiger partial charge >= 0.3 is 0 Å². The molecule has 0 aromatic heterocycles. The molecule has 0 spiro atoms. The van der Waals surface area contributed by atoms with E-state index < -0.39 is 74.2 Å². The minimum Gasteiger partial charge on any atom is -0.396 e. The van der Waals surface area contributed by atoms with Crippen molar-refractivity contribution in [2.45, 2.75) is 61.5 Å². The molecule has 23 heavy (non-hydrogen) atoms. The van der Waals surface area contributed by atoms with E-state index in [1.807, 2.05) is 0 Å². The van der Waals surface area contributed by atoms with Gasteiger partial charge in [-0.2, -0.15) is 0 Å². The second-order valence-electron chi connectivity index (χ2n) is 6.11. The minimum absolute atomic E-state index is 0.0327. The summed E-state index contributed by atoms with van der Waals surface area (Å²) < 4.78 is 10.8. The Bertz CT molecular complexity index is 348. The first-order valence-electron chi connectivity index (χ1n) is 7.50. The van der Waals surface area contributed by atoms with Gasteiger partial charge in [0.15, 0.2) is 6.29 Å². The fraction of sp³-hybridized carbons (Fsp3) is 1.00. The van der Waals surface area contributed by atoms with Gasteiger partial charge in [-0.05, 0) is 6.42 Å². The van der Waals surface area contributed by atoms with Crippen molar-refractivity contribution in [2.24, 2.45) is 11.7 Å². The zero-order valence-corrected chi connectivity index (χ0v) is 12.4. The molecule has 0 aromatic carbocycles. The lowest BCUT2D eigenvalue weighted by molar-refractivity contribution is -0.298. The molecule has 10 atom stereocenters. The summed E-state index contributed by atoms with van der Waals surface area (Å²) in [7, 11) is 0. The first kappa shape index (κ1) is 18.9. The van der Waals surface area contributed by atoms with E-state index in [1.165, 1.54) is 0 Å². The van der Waals surface area contributed by atoms with Gasteiger partial charge in [-0.1, -0.05) is 0 Å². The van der Waals surface area contributed by atoms with E-state index in [0.717, 1.165) is 0 Å². The number of aliphatic hydroxyl groups is 7. The van der Waals surface area contributed by atoms with Gasteiger partial charge in [0.25, 0.3) is 0 Å². The summed E-state index contributed by atoms with van der Waals surface area (Å²) in [6.07, 6.45) is -10.4. The highest BCUT2D eigenvalue weighted by Crippen LogP contribution is 2.30. The lowest BCUT2D eigenvalue weighted by Crippen LogP contribution is -2.64. The number of nitrogens with two attached hydrogens (primary N) is 1. The van der Waals surface area contributed by atoms with E-state index in [-0.39, 0.29) is 6.42 Å². The van der Waals surface area contributed by atoms with Crippen molar-refractivity contribution in [3.05, 3.63) is 0 Å². The first-order valence-corrected chi connectivity index (χ1v) is 7.50. The zero-order valence-electron chi connectivity index (χ0n) is 12.4. The van der Waals surface area contributed by atoms with Crippen LogP contribution in [0.1, 0.15) is 6.42 Å². The van der Waals surface area contributed by atoms with Crippen LogP contribution in [0.4, 0.5) is 0 Å². The Balaban J connectivity index is 2.07. The van der Waals surface area contributed by atoms with Gasteiger partial charge in [0.2, 0.25) is 0 Å². The molecule has 9 N–H and O–H groups in total. The van der Waals surface area contributed by atoms with Crippen LogP contribution in [0.3, 0.4) is 0 Å². The molecule has 1 saturated heterocycles. The minimum atomic E-state index is -1.52. The van der Waals surface area contributed by atoms with Gasteiger partial charge in [-0.3, -0.25) is 0 Å². The van der Waals surface area contributed by atoms with E-state index in [2.05, 4.69) is 0 Å². The standard InChI is InChI=1S/C13H25NO9/c14-7-11(20)10(19)6(3-16)23-13(7)22-5-1-4(2-15)8(17)12(21)9(5)18/h4-13,15-21H,1-3,14H2/t4?,5-,6?,7+,8+,9?,10+,11?,12-,13-/m0/s1. The van der Waals surface area contributed by atoms with Crippen LogP contribution in [0, 0.1) is 5.92 Å². The van der Waals surface area contributed by atoms with Crippen LogP contribution in [-0.4, -0.2) is 104 Å². The quantitative estimate of drug-likeness (QED) is 0.247. The molecule has 0 aromatic rings. The Morgan fingerprint density at radius 3 is 2.09 bits per heavy atom. The van der Waals surface area contributed by atoms with Crippen molar-refractivity contribution in [1.29, 1.82) is 0 Å². The molecule has 10 nitrogen and oxygen atoms in total. The highest BCUT2D eigenvalue weighted by Gasteiger charge is 2.48. The predicted molar refractivity (Wildman–Crippen MR) is 73.8 cm³/mol. The lowest BCUT2D eigenvalue weighted by Gasteiger charge is -2.45. The average Bonchev–Trinajstić information content (AvgIpc) is 2.55. The van der Waals surface area contributed by atoms with Crippen molar-refractivity contribution in [3.8, 4) is 0 Å². The Labute approximate surface area is 132 Å².